The summed E-state index contributed by atoms with van der Waals surface area (Å²) in [4.78, 5) is 54.2. The number of anilines is 1. The molecule has 0 unspecified atom stereocenters. The highest BCUT2D eigenvalue weighted by atomic mass is 32.2. The minimum atomic E-state index is -4.84. The van der Waals surface area contributed by atoms with Gasteiger partial charge in [0, 0.05) is 67.5 Å². The van der Waals surface area contributed by atoms with Crippen molar-refractivity contribution in [1.82, 2.24) is 5.06 Å². The van der Waals surface area contributed by atoms with Crippen LogP contribution in [0.25, 0.3) is 23.1 Å². The molecule has 3 heterocycles. The average Bonchev–Trinajstić information content (AvgIpc) is 3.28. The summed E-state index contributed by atoms with van der Waals surface area (Å²) in [5.41, 5.74) is 1.09. The van der Waals surface area contributed by atoms with E-state index in [0.29, 0.717) is 41.8 Å². The molecule has 228 valence electrons. The predicted octanol–water partition coefficient (Wildman–Crippen LogP) is 3.17. The lowest BCUT2D eigenvalue weighted by Crippen LogP contribution is -2.34. The second-order valence-electron chi connectivity index (χ2n) is 10.0. The van der Waals surface area contributed by atoms with Crippen LogP contribution in [0.5, 0.6) is 0 Å². The monoisotopic (exact) mass is 611 g/mol. The number of imide groups is 1. The van der Waals surface area contributed by atoms with Gasteiger partial charge in [-0.3, -0.25) is 9.59 Å². The average molecular weight is 612 g/mol. The summed E-state index contributed by atoms with van der Waals surface area (Å²) < 4.78 is 43.2. The molecule has 43 heavy (non-hydrogen) atoms. The van der Waals surface area contributed by atoms with Gasteiger partial charge in [-0.05, 0) is 51.0 Å². The van der Waals surface area contributed by atoms with Crippen LogP contribution >= 0.6 is 0 Å². The fourth-order valence-electron chi connectivity index (χ4n) is 4.75. The number of fused-ring (bicyclic) bond motifs is 1. The van der Waals surface area contributed by atoms with Gasteiger partial charge >= 0.3 is 11.6 Å². The van der Waals surface area contributed by atoms with Gasteiger partial charge in [0.1, 0.15) is 27.1 Å². The van der Waals surface area contributed by atoms with E-state index in [-0.39, 0.29) is 30.4 Å². The molecule has 0 radical (unpaired) electrons. The molecule has 0 saturated carbocycles. The Balaban J connectivity index is 1.40. The molecule has 12 nitrogen and oxygen atoms in total. The minimum absolute atomic E-state index is 0.00545. The van der Waals surface area contributed by atoms with E-state index in [1.165, 1.54) is 24.4 Å². The molecule has 0 N–H and O–H groups in total. The Morgan fingerprint density at radius 2 is 1.72 bits per heavy atom. The number of hydrogen-bond donors (Lipinski definition) is 0. The van der Waals surface area contributed by atoms with Gasteiger partial charge in [0.15, 0.2) is 12.4 Å². The van der Waals surface area contributed by atoms with Crippen LogP contribution in [0.15, 0.2) is 56.8 Å². The number of benzene rings is 1. The van der Waals surface area contributed by atoms with E-state index in [1.54, 1.807) is 22.9 Å². The zero-order valence-corrected chi connectivity index (χ0v) is 24.8. The molecule has 0 atom stereocenters. The largest absolute Gasteiger partial charge is 0.744 e. The third-order valence-corrected chi connectivity index (χ3v) is 7.98. The minimum Gasteiger partial charge on any atom is -0.744 e. The highest BCUT2D eigenvalue weighted by Crippen LogP contribution is 2.23. The fraction of sp³-hybridized carbons (Fsp3) is 0.367. The van der Waals surface area contributed by atoms with Crippen molar-refractivity contribution in [3.05, 3.63) is 64.3 Å². The lowest BCUT2D eigenvalue weighted by atomic mass is 10.1. The van der Waals surface area contributed by atoms with Gasteiger partial charge in [-0.2, -0.15) is 0 Å². The zero-order valence-electron chi connectivity index (χ0n) is 24.0. The van der Waals surface area contributed by atoms with E-state index in [4.69, 9.17) is 9.25 Å². The normalized spacial score (nSPS) is 13.8. The quantitative estimate of drug-likeness (QED) is 0.0924. The summed E-state index contributed by atoms with van der Waals surface area (Å²) >= 11 is 0. The molecule has 0 bridgehead atoms. The second-order valence-corrected chi connectivity index (χ2v) is 11.4. The molecule has 1 fully saturated rings. The zero-order chi connectivity index (χ0) is 31.1. The highest BCUT2D eigenvalue weighted by molar-refractivity contribution is 7.85. The molecule has 13 heteroatoms. The van der Waals surface area contributed by atoms with Gasteiger partial charge < -0.3 is 18.7 Å². The van der Waals surface area contributed by atoms with Crippen molar-refractivity contribution in [2.75, 3.05) is 18.0 Å². The molecular weight excluding hydrogens is 578 g/mol. The van der Waals surface area contributed by atoms with Crippen LogP contribution in [0.1, 0.15) is 63.5 Å². The van der Waals surface area contributed by atoms with Crippen LogP contribution in [0.3, 0.4) is 0 Å². The number of carbonyl (C=O) groups excluding carboxylic acids is 3. The first-order valence-electron chi connectivity index (χ1n) is 14.1. The molecular formula is C30H33N3O9S. The van der Waals surface area contributed by atoms with E-state index in [9.17, 15) is 32.1 Å². The van der Waals surface area contributed by atoms with Crippen molar-refractivity contribution < 1.29 is 41.2 Å². The molecule has 0 aliphatic carbocycles. The smallest absolute Gasteiger partial charge is 0.343 e. The van der Waals surface area contributed by atoms with Crippen LogP contribution in [0.4, 0.5) is 5.69 Å². The first-order chi connectivity index (χ1) is 20.5. The second kappa shape index (κ2) is 13.7. The number of unbranched alkanes of at least 4 members (excludes halogenated alkanes) is 2. The number of pyridine rings is 1. The molecule has 0 spiro atoms. The van der Waals surface area contributed by atoms with E-state index in [2.05, 4.69) is 4.90 Å². The number of hydrogen-bond acceptors (Lipinski definition) is 10. The molecule has 2 aromatic heterocycles. The van der Waals surface area contributed by atoms with Crippen molar-refractivity contribution in [2.24, 2.45) is 0 Å². The Bertz CT molecular complexity index is 1710. The van der Waals surface area contributed by atoms with Gasteiger partial charge in [0.2, 0.25) is 0 Å². The molecule has 4 rings (SSSR count). The third kappa shape index (κ3) is 7.93. The third-order valence-electron chi connectivity index (χ3n) is 7.10. The van der Waals surface area contributed by atoms with Crippen molar-refractivity contribution in [2.45, 2.75) is 63.8 Å². The van der Waals surface area contributed by atoms with Crippen LogP contribution in [-0.4, -0.2) is 48.9 Å². The summed E-state index contributed by atoms with van der Waals surface area (Å²) in [6, 6.07) is 8.71. The summed E-state index contributed by atoms with van der Waals surface area (Å²) in [5.74, 6) is -1.76. The first kappa shape index (κ1) is 31.6. The predicted molar refractivity (Wildman–Crippen MR) is 155 cm³/mol. The summed E-state index contributed by atoms with van der Waals surface area (Å²) in [6.45, 7) is 6.05. The Morgan fingerprint density at radius 1 is 1.02 bits per heavy atom. The van der Waals surface area contributed by atoms with E-state index in [0.717, 1.165) is 18.8 Å². The van der Waals surface area contributed by atoms with Crippen molar-refractivity contribution in [1.29, 1.82) is 0 Å². The molecule has 1 saturated heterocycles. The number of amides is 2. The number of hydroxylamine groups is 2. The Kier molecular flexibility index (Phi) is 10.1. The Hall–Kier alpha value is -4.36. The van der Waals surface area contributed by atoms with E-state index in [1.807, 2.05) is 26.0 Å². The van der Waals surface area contributed by atoms with Crippen LogP contribution in [0, 0.1) is 0 Å². The van der Waals surface area contributed by atoms with Crippen LogP contribution in [-0.2, 0) is 35.9 Å². The first-order valence-corrected chi connectivity index (χ1v) is 15.5. The SMILES string of the molecule is CCN(CC)c1ccc2cc(/C=C/c3cc[n+](CCCCCC(=O)ON4C(=O)CCC4=O)cc3S(=O)(=O)[O-])c(=O)oc2c1. The van der Waals surface area contributed by atoms with Crippen molar-refractivity contribution >= 4 is 56.7 Å². The molecule has 2 amide bonds. The van der Waals surface area contributed by atoms with Crippen molar-refractivity contribution in [3.8, 4) is 0 Å². The maximum absolute atomic E-state index is 12.7. The topological polar surface area (TPSA) is 158 Å². The van der Waals surface area contributed by atoms with Crippen LogP contribution in [0.2, 0.25) is 0 Å². The number of nitrogens with zero attached hydrogens (tertiary/aromatic N) is 3. The summed E-state index contributed by atoms with van der Waals surface area (Å²) in [7, 11) is -4.84. The maximum Gasteiger partial charge on any atom is 0.343 e. The van der Waals surface area contributed by atoms with Gasteiger partial charge in [0.05, 0.1) is 5.56 Å². The summed E-state index contributed by atoms with van der Waals surface area (Å²) in [5, 5.41) is 1.21. The Morgan fingerprint density at radius 3 is 2.40 bits per heavy atom. The standard InChI is InChI=1S/C30H33N3O9S/c1-3-32(4-2)24-12-11-22-18-23(30(37)41-25(22)19-24)10-9-21-15-17-31(20-26(21)43(38,39)40)16-7-5-6-8-29(36)42-33-27(34)13-14-28(33)35/h9-12,15,17-20H,3-8,13-14,16H2,1-2H3. The van der Waals surface area contributed by atoms with E-state index < -0.39 is 38.4 Å². The lowest BCUT2D eigenvalue weighted by molar-refractivity contribution is -0.699. The van der Waals surface area contributed by atoms with Gasteiger partial charge in [-0.15, -0.1) is 5.06 Å². The molecule has 1 aliphatic rings. The van der Waals surface area contributed by atoms with Gasteiger partial charge in [0.25, 0.3) is 11.8 Å². The van der Waals surface area contributed by atoms with Crippen molar-refractivity contribution in [3.63, 3.8) is 0 Å². The van der Waals surface area contributed by atoms with Gasteiger partial charge in [-0.1, -0.05) is 6.08 Å². The maximum atomic E-state index is 12.7. The summed E-state index contributed by atoms with van der Waals surface area (Å²) in [6.07, 6.45) is 7.26. The molecule has 1 aliphatic heterocycles. The Labute approximate surface area is 248 Å². The highest BCUT2D eigenvalue weighted by Gasteiger charge is 2.32. The molecule has 3 aromatic rings. The number of rotatable bonds is 13. The van der Waals surface area contributed by atoms with Gasteiger partial charge in [-0.25, -0.2) is 22.6 Å². The number of carbonyl (C=O) groups is 3. The van der Waals surface area contributed by atoms with E-state index >= 15 is 0 Å². The molecule has 1 aromatic carbocycles. The lowest BCUT2D eigenvalue weighted by Gasteiger charge is -2.20. The number of aryl methyl sites for hydroxylation is 1. The fourth-order valence-corrected chi connectivity index (χ4v) is 5.44. The number of aromatic nitrogens is 1. The van der Waals surface area contributed by atoms with Crippen LogP contribution < -0.4 is 15.1 Å².